The Balaban J connectivity index is 1.94. The van der Waals surface area contributed by atoms with Crippen LogP contribution in [0, 0.1) is 12.7 Å². The Morgan fingerprint density at radius 2 is 2.21 bits per heavy atom. The fraction of sp³-hybridized carbons (Fsp3) is 0.357. The van der Waals surface area contributed by atoms with E-state index in [-0.39, 0.29) is 5.82 Å². The predicted molar refractivity (Wildman–Crippen MR) is 71.6 cm³/mol. The van der Waals surface area contributed by atoms with Crippen molar-refractivity contribution in [3.05, 3.63) is 47.8 Å². The first-order valence-corrected chi connectivity index (χ1v) is 6.29. The molecule has 0 saturated heterocycles. The van der Waals surface area contributed by atoms with Crippen molar-refractivity contribution in [1.29, 1.82) is 0 Å². The van der Waals surface area contributed by atoms with E-state index in [0.29, 0.717) is 31.9 Å². The summed E-state index contributed by atoms with van der Waals surface area (Å²) in [6.07, 6.45) is 4.29. The van der Waals surface area contributed by atoms with Crippen LogP contribution in [0.15, 0.2) is 30.6 Å². The molecule has 2 rings (SSSR count). The zero-order valence-electron chi connectivity index (χ0n) is 11.0. The van der Waals surface area contributed by atoms with Crippen molar-refractivity contribution in [2.45, 2.75) is 19.9 Å². The first kappa shape index (κ1) is 13.5. The SMILES string of the molecule is Cc1nccn1CCOc1cc(F)cc(CCN)c1. The Morgan fingerprint density at radius 3 is 2.89 bits per heavy atom. The number of aryl methyl sites for hydroxylation is 1. The van der Waals surface area contributed by atoms with E-state index in [1.807, 2.05) is 23.8 Å². The quantitative estimate of drug-likeness (QED) is 0.866. The second-order valence-corrected chi connectivity index (χ2v) is 4.35. The Morgan fingerprint density at radius 1 is 1.37 bits per heavy atom. The third-order valence-electron chi connectivity index (χ3n) is 2.89. The Bertz CT molecular complexity index is 539. The van der Waals surface area contributed by atoms with Crippen LogP contribution in [0.2, 0.25) is 0 Å². The lowest BCUT2D eigenvalue weighted by Crippen LogP contribution is -2.09. The van der Waals surface area contributed by atoms with E-state index in [4.69, 9.17) is 10.5 Å². The van der Waals surface area contributed by atoms with Crippen LogP contribution < -0.4 is 10.5 Å². The molecule has 1 aromatic heterocycles. The monoisotopic (exact) mass is 263 g/mol. The molecule has 0 saturated carbocycles. The van der Waals surface area contributed by atoms with Gasteiger partial charge in [-0.05, 0) is 37.6 Å². The average Bonchev–Trinajstić information content (AvgIpc) is 2.75. The highest BCUT2D eigenvalue weighted by Gasteiger charge is 2.02. The van der Waals surface area contributed by atoms with Gasteiger partial charge in [-0.2, -0.15) is 0 Å². The molecule has 0 spiro atoms. The van der Waals surface area contributed by atoms with Gasteiger partial charge in [-0.25, -0.2) is 9.37 Å². The highest BCUT2D eigenvalue weighted by molar-refractivity contribution is 5.29. The molecule has 5 heteroatoms. The number of rotatable bonds is 6. The van der Waals surface area contributed by atoms with E-state index in [1.165, 1.54) is 12.1 Å². The van der Waals surface area contributed by atoms with Crippen molar-refractivity contribution >= 4 is 0 Å². The van der Waals surface area contributed by atoms with Gasteiger partial charge >= 0.3 is 0 Å². The van der Waals surface area contributed by atoms with E-state index in [1.54, 1.807) is 6.20 Å². The number of benzene rings is 1. The predicted octanol–water partition coefficient (Wildman–Crippen LogP) is 1.91. The van der Waals surface area contributed by atoms with Crippen molar-refractivity contribution in [1.82, 2.24) is 9.55 Å². The van der Waals surface area contributed by atoms with E-state index in [9.17, 15) is 4.39 Å². The minimum absolute atomic E-state index is 0.292. The van der Waals surface area contributed by atoms with E-state index in [0.717, 1.165) is 11.4 Å². The van der Waals surface area contributed by atoms with Crippen LogP contribution in [0.25, 0.3) is 0 Å². The summed E-state index contributed by atoms with van der Waals surface area (Å²) in [6.45, 7) is 3.59. The fourth-order valence-corrected chi connectivity index (χ4v) is 1.92. The molecular formula is C14H18FN3O. The zero-order chi connectivity index (χ0) is 13.7. The highest BCUT2D eigenvalue weighted by atomic mass is 19.1. The van der Waals surface area contributed by atoms with Crippen LogP contribution in [0.3, 0.4) is 0 Å². The lowest BCUT2D eigenvalue weighted by Gasteiger charge is -2.09. The summed E-state index contributed by atoms with van der Waals surface area (Å²) in [7, 11) is 0. The van der Waals surface area contributed by atoms with Gasteiger partial charge in [-0.1, -0.05) is 0 Å². The van der Waals surface area contributed by atoms with Gasteiger partial charge in [-0.15, -0.1) is 0 Å². The summed E-state index contributed by atoms with van der Waals surface area (Å²) < 4.78 is 20.9. The minimum Gasteiger partial charge on any atom is -0.492 e. The molecule has 0 fully saturated rings. The standard InChI is InChI=1S/C14H18FN3O/c1-11-17-4-5-18(11)6-7-19-14-9-12(2-3-16)8-13(15)10-14/h4-5,8-10H,2-3,6-7,16H2,1H3. The molecule has 0 radical (unpaired) electrons. The third-order valence-corrected chi connectivity index (χ3v) is 2.89. The topological polar surface area (TPSA) is 53.1 Å². The summed E-state index contributed by atoms with van der Waals surface area (Å²) in [5.41, 5.74) is 6.33. The normalized spacial score (nSPS) is 10.7. The smallest absolute Gasteiger partial charge is 0.127 e. The summed E-state index contributed by atoms with van der Waals surface area (Å²) in [6, 6.07) is 4.71. The van der Waals surface area contributed by atoms with Gasteiger partial charge in [0.05, 0.1) is 6.54 Å². The molecule has 1 aromatic carbocycles. The van der Waals surface area contributed by atoms with Gasteiger partial charge in [0.2, 0.25) is 0 Å². The van der Waals surface area contributed by atoms with Gasteiger partial charge in [0.1, 0.15) is 24.0 Å². The number of nitrogens with two attached hydrogens (primary N) is 1. The van der Waals surface area contributed by atoms with Crippen molar-refractivity contribution in [2.75, 3.05) is 13.2 Å². The Kier molecular flexibility index (Phi) is 4.52. The van der Waals surface area contributed by atoms with Gasteiger partial charge in [0.15, 0.2) is 0 Å². The van der Waals surface area contributed by atoms with Gasteiger partial charge in [0.25, 0.3) is 0 Å². The van der Waals surface area contributed by atoms with Gasteiger partial charge < -0.3 is 15.0 Å². The number of hydrogen-bond acceptors (Lipinski definition) is 3. The van der Waals surface area contributed by atoms with Crippen LogP contribution in [-0.4, -0.2) is 22.7 Å². The van der Waals surface area contributed by atoms with Crippen molar-refractivity contribution in [2.24, 2.45) is 5.73 Å². The molecule has 0 unspecified atom stereocenters. The van der Waals surface area contributed by atoms with Crippen LogP contribution in [0.4, 0.5) is 4.39 Å². The Hall–Kier alpha value is -1.88. The molecule has 0 bridgehead atoms. The molecule has 0 aliphatic carbocycles. The zero-order valence-corrected chi connectivity index (χ0v) is 11.0. The number of halogens is 1. The maximum atomic E-state index is 13.4. The van der Waals surface area contributed by atoms with Gasteiger partial charge in [0, 0.05) is 18.5 Å². The van der Waals surface area contributed by atoms with Crippen LogP contribution in [0.1, 0.15) is 11.4 Å². The molecule has 19 heavy (non-hydrogen) atoms. The lowest BCUT2D eigenvalue weighted by molar-refractivity contribution is 0.295. The molecule has 102 valence electrons. The highest BCUT2D eigenvalue weighted by Crippen LogP contribution is 2.16. The minimum atomic E-state index is -0.292. The third kappa shape index (κ3) is 3.79. The van der Waals surface area contributed by atoms with E-state index >= 15 is 0 Å². The molecule has 0 aliphatic heterocycles. The second kappa shape index (κ2) is 6.33. The Labute approximate surface area is 112 Å². The maximum absolute atomic E-state index is 13.4. The fourth-order valence-electron chi connectivity index (χ4n) is 1.92. The summed E-state index contributed by atoms with van der Waals surface area (Å²) in [5, 5.41) is 0. The second-order valence-electron chi connectivity index (χ2n) is 4.35. The number of ether oxygens (including phenoxy) is 1. The van der Waals surface area contributed by atoms with Crippen molar-refractivity contribution in [3.8, 4) is 5.75 Å². The molecule has 2 N–H and O–H groups in total. The number of hydrogen-bond donors (Lipinski definition) is 1. The largest absolute Gasteiger partial charge is 0.492 e. The number of imidazole rings is 1. The first-order valence-electron chi connectivity index (χ1n) is 6.29. The number of nitrogens with zero attached hydrogens (tertiary/aromatic N) is 2. The molecule has 4 nitrogen and oxygen atoms in total. The maximum Gasteiger partial charge on any atom is 0.127 e. The lowest BCUT2D eigenvalue weighted by atomic mass is 10.1. The molecule has 0 amide bonds. The summed E-state index contributed by atoms with van der Waals surface area (Å²) in [5.74, 6) is 1.19. The van der Waals surface area contributed by atoms with Crippen LogP contribution >= 0.6 is 0 Å². The van der Waals surface area contributed by atoms with E-state index in [2.05, 4.69) is 4.98 Å². The summed E-state index contributed by atoms with van der Waals surface area (Å²) in [4.78, 5) is 4.13. The van der Waals surface area contributed by atoms with Crippen LogP contribution in [0.5, 0.6) is 5.75 Å². The molecule has 0 atom stereocenters. The molecule has 0 aliphatic rings. The number of aromatic nitrogens is 2. The van der Waals surface area contributed by atoms with Gasteiger partial charge in [-0.3, -0.25) is 0 Å². The first-order chi connectivity index (χ1) is 9.19. The van der Waals surface area contributed by atoms with E-state index < -0.39 is 0 Å². The summed E-state index contributed by atoms with van der Waals surface area (Å²) >= 11 is 0. The molecular weight excluding hydrogens is 245 g/mol. The average molecular weight is 263 g/mol. The molecule has 2 aromatic rings. The van der Waals surface area contributed by atoms with Crippen molar-refractivity contribution in [3.63, 3.8) is 0 Å². The molecule has 1 heterocycles. The van der Waals surface area contributed by atoms with Crippen LogP contribution in [-0.2, 0) is 13.0 Å². The van der Waals surface area contributed by atoms with Crippen molar-refractivity contribution < 1.29 is 9.13 Å².